The van der Waals surface area contributed by atoms with Gasteiger partial charge < -0.3 is 27.9 Å². The normalized spacial score (nSPS) is 13.5. The Kier molecular flexibility index (Phi) is 48.1. The summed E-state index contributed by atoms with van der Waals surface area (Å²) in [5.41, 5.74) is 0. The summed E-state index contributed by atoms with van der Waals surface area (Å²) in [5, 5.41) is 0. The van der Waals surface area contributed by atoms with Crippen molar-refractivity contribution in [3.8, 4) is 0 Å². The predicted octanol–water partition coefficient (Wildman–Crippen LogP) is 16.7. The zero-order chi connectivity index (χ0) is 46.9. The lowest BCUT2D eigenvalue weighted by Crippen LogP contribution is -2.37. The van der Waals surface area contributed by atoms with Crippen LogP contribution in [0.3, 0.4) is 0 Å². The fraction of sp³-hybridized carbons (Fsp3) is 0.945. The molecule has 0 aliphatic rings. The first-order valence-electron chi connectivity index (χ1n) is 27.9. The van der Waals surface area contributed by atoms with E-state index in [-0.39, 0.29) is 25.8 Å². The van der Waals surface area contributed by atoms with Gasteiger partial charge in [-0.2, -0.15) is 0 Å². The molecule has 0 amide bonds. The third-order valence-electron chi connectivity index (χ3n) is 12.6. The third kappa shape index (κ3) is 52.2. The minimum Gasteiger partial charge on any atom is -0.756 e. The second kappa shape index (κ2) is 48.7. The number of quaternary nitrogens is 1. The Balaban J connectivity index is 4.00. The molecule has 0 aromatic rings. The highest BCUT2D eigenvalue weighted by Crippen LogP contribution is 2.38. The van der Waals surface area contributed by atoms with E-state index in [1.54, 1.807) is 0 Å². The predicted molar refractivity (Wildman–Crippen MR) is 273 cm³/mol. The number of ether oxygens (including phenoxy) is 2. The van der Waals surface area contributed by atoms with Crippen LogP contribution in [0.5, 0.6) is 0 Å². The van der Waals surface area contributed by atoms with Gasteiger partial charge in [-0.05, 0) is 38.5 Å². The fourth-order valence-corrected chi connectivity index (χ4v) is 8.98. The minimum atomic E-state index is -4.53. The van der Waals surface area contributed by atoms with E-state index in [1.165, 1.54) is 225 Å². The fourth-order valence-electron chi connectivity index (χ4n) is 8.25. The van der Waals surface area contributed by atoms with Crippen molar-refractivity contribution in [1.29, 1.82) is 0 Å². The summed E-state index contributed by atoms with van der Waals surface area (Å²) in [6.07, 6.45) is 56.8. The maximum atomic E-state index is 12.7. The van der Waals surface area contributed by atoms with E-state index >= 15 is 0 Å². The monoisotopic (exact) mass is 928 g/mol. The Morgan fingerprint density at radius 3 is 1.19 bits per heavy atom. The standard InChI is InChI=1S/C55H110NO7P/c1-6-8-10-12-14-16-18-20-22-24-25-26-27-28-29-30-31-32-33-35-37-39-41-43-45-47-50-60-52-54(53-62-64(58,59)61-51-49-56(3,4)5)63-55(57)48-46-44-42-40-38-36-34-23-21-19-17-15-13-11-9-7-2/h24-25,54H,6-23,26-53H2,1-5H3/b25-24-. The minimum absolute atomic E-state index is 0.0303. The molecule has 0 rings (SSSR count). The van der Waals surface area contributed by atoms with Gasteiger partial charge in [-0.15, -0.1) is 0 Å². The lowest BCUT2D eigenvalue weighted by atomic mass is 10.0. The van der Waals surface area contributed by atoms with E-state index in [4.69, 9.17) is 18.5 Å². The van der Waals surface area contributed by atoms with Crippen molar-refractivity contribution in [2.24, 2.45) is 0 Å². The maximum absolute atomic E-state index is 12.7. The lowest BCUT2D eigenvalue weighted by molar-refractivity contribution is -0.870. The van der Waals surface area contributed by atoms with Crippen molar-refractivity contribution in [2.45, 2.75) is 283 Å². The van der Waals surface area contributed by atoms with E-state index in [0.29, 0.717) is 24.1 Å². The van der Waals surface area contributed by atoms with Crippen LogP contribution >= 0.6 is 7.82 Å². The molecule has 0 spiro atoms. The van der Waals surface area contributed by atoms with Crippen molar-refractivity contribution >= 4 is 13.8 Å². The average Bonchev–Trinajstić information content (AvgIpc) is 3.25. The van der Waals surface area contributed by atoms with Crippen LogP contribution in [0.25, 0.3) is 0 Å². The molecule has 0 heterocycles. The van der Waals surface area contributed by atoms with E-state index < -0.39 is 13.9 Å². The molecule has 2 unspecified atom stereocenters. The second-order valence-electron chi connectivity index (χ2n) is 20.3. The van der Waals surface area contributed by atoms with E-state index in [1.807, 2.05) is 21.1 Å². The largest absolute Gasteiger partial charge is 0.756 e. The Bertz CT molecular complexity index is 1030. The third-order valence-corrected chi connectivity index (χ3v) is 13.5. The van der Waals surface area contributed by atoms with Crippen LogP contribution in [0.4, 0.5) is 0 Å². The number of esters is 1. The molecule has 2 atom stereocenters. The van der Waals surface area contributed by atoms with Crippen LogP contribution in [-0.4, -0.2) is 70.7 Å². The number of phosphoric ester groups is 1. The average molecular weight is 928 g/mol. The van der Waals surface area contributed by atoms with Crippen LogP contribution in [0.1, 0.15) is 277 Å². The topological polar surface area (TPSA) is 94.1 Å². The maximum Gasteiger partial charge on any atom is 0.306 e. The number of carbonyl (C=O) groups excluding carboxylic acids is 1. The van der Waals surface area contributed by atoms with Crippen molar-refractivity contribution in [1.82, 2.24) is 0 Å². The molecule has 64 heavy (non-hydrogen) atoms. The summed E-state index contributed by atoms with van der Waals surface area (Å²) in [6, 6.07) is 0. The van der Waals surface area contributed by atoms with Crippen LogP contribution in [0.2, 0.25) is 0 Å². The van der Waals surface area contributed by atoms with E-state index in [2.05, 4.69) is 26.0 Å². The molecule has 0 bridgehead atoms. The summed E-state index contributed by atoms with van der Waals surface area (Å²) < 4.78 is 34.8. The van der Waals surface area contributed by atoms with Crippen molar-refractivity contribution < 1.29 is 37.3 Å². The number of unbranched alkanes of at least 4 members (excludes halogenated alkanes) is 37. The van der Waals surface area contributed by atoms with Crippen LogP contribution in [-0.2, 0) is 27.9 Å². The smallest absolute Gasteiger partial charge is 0.306 e. The second-order valence-corrected chi connectivity index (χ2v) is 21.7. The molecule has 0 aromatic carbocycles. The van der Waals surface area contributed by atoms with Gasteiger partial charge in [0.25, 0.3) is 7.82 Å². The van der Waals surface area contributed by atoms with Crippen molar-refractivity contribution in [3.63, 3.8) is 0 Å². The van der Waals surface area contributed by atoms with Gasteiger partial charge in [0, 0.05) is 13.0 Å². The molecule has 0 aliphatic carbocycles. The molecule has 0 radical (unpaired) electrons. The van der Waals surface area contributed by atoms with Gasteiger partial charge in [-0.3, -0.25) is 9.36 Å². The van der Waals surface area contributed by atoms with Gasteiger partial charge in [0.1, 0.15) is 19.3 Å². The summed E-state index contributed by atoms with van der Waals surface area (Å²) in [7, 11) is 1.38. The number of likely N-dealkylation sites (N-methyl/N-ethyl adjacent to an activating group) is 1. The molecule has 0 aromatic heterocycles. The SMILES string of the molecule is CCCCCCCCCC/C=C\CCCCCCCCCCCCCCCCOCC(COP(=O)([O-])OCC[N+](C)(C)C)OC(=O)CCCCCCCCCCCCCCCCCC. The number of hydrogen-bond donors (Lipinski definition) is 0. The van der Waals surface area contributed by atoms with E-state index in [0.717, 1.165) is 32.1 Å². The molecule has 0 saturated heterocycles. The Morgan fingerprint density at radius 2 is 0.812 bits per heavy atom. The molecule has 8 nitrogen and oxygen atoms in total. The highest BCUT2D eigenvalue weighted by atomic mass is 31.2. The summed E-state index contributed by atoms with van der Waals surface area (Å²) >= 11 is 0. The molecular weight excluding hydrogens is 818 g/mol. The molecule has 0 fully saturated rings. The van der Waals surface area contributed by atoms with Crippen LogP contribution in [0, 0.1) is 0 Å². The quantitative estimate of drug-likeness (QED) is 0.0197. The Hall–Kier alpha value is -0.760. The zero-order valence-corrected chi connectivity index (χ0v) is 44.4. The summed E-state index contributed by atoms with van der Waals surface area (Å²) in [5.74, 6) is -0.327. The van der Waals surface area contributed by atoms with Gasteiger partial charge in [0.05, 0.1) is 34.4 Å². The van der Waals surface area contributed by atoms with Crippen LogP contribution in [0.15, 0.2) is 12.2 Å². The Labute approximate surface area is 399 Å². The van der Waals surface area contributed by atoms with Gasteiger partial charge in [0.15, 0.2) is 0 Å². The van der Waals surface area contributed by atoms with Crippen LogP contribution < -0.4 is 4.89 Å². The molecule has 9 heteroatoms. The molecule has 0 N–H and O–H groups in total. The number of allylic oxidation sites excluding steroid dienone is 2. The lowest BCUT2D eigenvalue weighted by Gasteiger charge is -2.28. The highest BCUT2D eigenvalue weighted by molar-refractivity contribution is 7.45. The molecule has 0 aliphatic heterocycles. The van der Waals surface area contributed by atoms with Gasteiger partial charge in [-0.1, -0.05) is 244 Å². The number of hydrogen-bond acceptors (Lipinski definition) is 7. The van der Waals surface area contributed by atoms with Gasteiger partial charge in [0.2, 0.25) is 0 Å². The molecule has 382 valence electrons. The first-order valence-corrected chi connectivity index (χ1v) is 29.4. The molecular formula is C55H110NO7P. The number of phosphoric acid groups is 1. The summed E-state index contributed by atoms with van der Waals surface area (Å²) in [6.45, 7) is 5.48. The van der Waals surface area contributed by atoms with Crippen molar-refractivity contribution in [2.75, 3.05) is 54.1 Å². The first kappa shape index (κ1) is 63.2. The Morgan fingerprint density at radius 1 is 0.469 bits per heavy atom. The zero-order valence-electron chi connectivity index (χ0n) is 43.5. The number of nitrogens with zero attached hydrogens (tertiary/aromatic N) is 1. The highest BCUT2D eigenvalue weighted by Gasteiger charge is 2.20. The van der Waals surface area contributed by atoms with E-state index in [9.17, 15) is 14.3 Å². The summed E-state index contributed by atoms with van der Waals surface area (Å²) in [4.78, 5) is 25.2. The number of rotatable bonds is 53. The van der Waals surface area contributed by atoms with Gasteiger partial charge in [-0.25, -0.2) is 0 Å². The molecule has 0 saturated carbocycles. The van der Waals surface area contributed by atoms with Crippen molar-refractivity contribution in [3.05, 3.63) is 12.2 Å². The number of carbonyl (C=O) groups is 1. The first-order chi connectivity index (χ1) is 31.1. The van der Waals surface area contributed by atoms with Gasteiger partial charge >= 0.3 is 5.97 Å².